The molecule has 0 radical (unpaired) electrons. The van der Waals surface area contributed by atoms with Crippen molar-refractivity contribution in [2.45, 2.75) is 39.5 Å². The van der Waals surface area contributed by atoms with Crippen molar-refractivity contribution in [1.82, 2.24) is 9.97 Å². The van der Waals surface area contributed by atoms with Gasteiger partial charge in [0.2, 0.25) is 0 Å². The maximum atomic E-state index is 14.5. The van der Waals surface area contributed by atoms with Gasteiger partial charge in [-0.15, -0.1) is 0 Å². The van der Waals surface area contributed by atoms with E-state index in [1.165, 1.54) is 0 Å². The van der Waals surface area contributed by atoms with Crippen molar-refractivity contribution in [1.29, 1.82) is 0 Å². The minimum absolute atomic E-state index is 0.000618. The summed E-state index contributed by atoms with van der Waals surface area (Å²) in [6.45, 7) is 8.54. The lowest BCUT2D eigenvalue weighted by Crippen LogP contribution is -2.25. The monoisotopic (exact) mass is 1020 g/mol. The highest BCUT2D eigenvalue weighted by atomic mass is 35.5. The van der Waals surface area contributed by atoms with Crippen LogP contribution in [0.4, 0.5) is 23.0 Å². The zero-order chi connectivity index (χ0) is 47.2. The lowest BCUT2D eigenvalue weighted by molar-refractivity contribution is 0.0988. The van der Waals surface area contributed by atoms with E-state index < -0.39 is 0 Å². The minimum atomic E-state index is -0.386. The van der Waals surface area contributed by atoms with Gasteiger partial charge in [0.05, 0.1) is 38.0 Å². The van der Waals surface area contributed by atoms with Crippen LogP contribution in [0.5, 0.6) is 0 Å². The van der Waals surface area contributed by atoms with Crippen molar-refractivity contribution in [3.63, 3.8) is 0 Å². The number of rotatable bonds is 7. The van der Waals surface area contributed by atoms with Gasteiger partial charge in [-0.05, 0) is 130 Å². The molecule has 8 aromatic rings. The van der Waals surface area contributed by atoms with Gasteiger partial charge in [0, 0.05) is 47.4 Å². The Bertz CT molecular complexity index is 3330. The minimum Gasteiger partial charge on any atom is -0.288 e. The first-order valence-electron chi connectivity index (χ1n) is 21.3. The van der Waals surface area contributed by atoms with Crippen molar-refractivity contribution >= 4 is 138 Å². The zero-order valence-corrected chi connectivity index (χ0v) is 41.3. The third-order valence-electron chi connectivity index (χ3n) is 12.0. The highest BCUT2D eigenvalue weighted by molar-refractivity contribution is 6.43. The van der Waals surface area contributed by atoms with Crippen LogP contribution in [0.1, 0.15) is 71.4 Å². The maximum Gasteiger partial charge on any atom is 0.197 e. The van der Waals surface area contributed by atoms with Gasteiger partial charge in [0.25, 0.3) is 0 Å². The molecule has 0 atom stereocenters. The average molecular weight is 1020 g/mol. The van der Waals surface area contributed by atoms with Gasteiger partial charge in [-0.1, -0.05) is 151 Å². The Hall–Kier alpha value is -5.41. The van der Waals surface area contributed by atoms with E-state index >= 15 is 0 Å². The summed E-state index contributed by atoms with van der Waals surface area (Å²) in [7, 11) is 0. The van der Waals surface area contributed by atoms with Crippen LogP contribution in [-0.2, 0) is 0 Å². The number of carbonyl (C=O) groups is 2. The Morgan fingerprint density at radius 3 is 1.31 bits per heavy atom. The van der Waals surface area contributed by atoms with Crippen LogP contribution in [0.3, 0.4) is 0 Å². The summed E-state index contributed by atoms with van der Waals surface area (Å²) in [5.41, 5.74) is 7.48. The number of Topliss-reactive ketones (excluding diaryl/α,β-unsaturated/α-hetero) is 2. The second-order valence-corrected chi connectivity index (χ2v) is 20.1. The number of ketones is 2. The highest BCUT2D eigenvalue weighted by Crippen LogP contribution is 2.56. The molecule has 0 N–H and O–H groups in total. The summed E-state index contributed by atoms with van der Waals surface area (Å²) in [4.78, 5) is 43.7. The van der Waals surface area contributed by atoms with Crippen LogP contribution in [0, 0.1) is 0 Å². The molecule has 0 saturated carbocycles. The van der Waals surface area contributed by atoms with Gasteiger partial charge in [0.1, 0.15) is 5.82 Å². The van der Waals surface area contributed by atoms with Gasteiger partial charge in [-0.3, -0.25) is 19.4 Å². The summed E-state index contributed by atoms with van der Waals surface area (Å²) < 4.78 is 0. The summed E-state index contributed by atoms with van der Waals surface area (Å²) in [5.74, 6) is 0.567. The van der Waals surface area contributed by atoms with Crippen molar-refractivity contribution in [2.75, 3.05) is 9.80 Å². The highest BCUT2D eigenvalue weighted by Gasteiger charge is 2.42. The topological polar surface area (TPSA) is 66.4 Å². The summed E-state index contributed by atoms with van der Waals surface area (Å²) >= 11 is 47.6. The molecule has 1 aliphatic heterocycles. The molecule has 2 heterocycles. The van der Waals surface area contributed by atoms with Crippen LogP contribution in [0.25, 0.3) is 44.1 Å². The van der Waals surface area contributed by atoms with Gasteiger partial charge in [-0.2, -0.15) is 0 Å². The lowest BCUT2D eigenvalue weighted by atomic mass is 9.92. The van der Waals surface area contributed by atoms with Crippen molar-refractivity contribution in [2.24, 2.45) is 0 Å². The fourth-order valence-electron chi connectivity index (χ4n) is 9.03. The number of benzene rings is 7. The Balaban J connectivity index is 1.37. The molecule has 0 spiro atoms. The predicted octanol–water partition coefficient (Wildman–Crippen LogP) is 18.1. The van der Waals surface area contributed by atoms with E-state index in [-0.39, 0.29) is 34.0 Å². The average Bonchev–Trinajstić information content (AvgIpc) is 3.70. The molecule has 0 amide bonds. The third kappa shape index (κ3) is 8.07. The molecule has 0 unspecified atom stereocenters. The first-order chi connectivity index (χ1) is 32.1. The van der Waals surface area contributed by atoms with E-state index in [0.717, 1.165) is 27.6 Å². The smallest absolute Gasteiger partial charge is 0.197 e. The number of fused-ring (bicyclic) bond motifs is 4. The molecule has 0 saturated heterocycles. The van der Waals surface area contributed by atoms with Crippen LogP contribution in [0.2, 0.25) is 35.2 Å². The number of nitrogens with zero attached hydrogens (tertiary/aromatic N) is 4. The van der Waals surface area contributed by atoms with Crippen LogP contribution >= 0.6 is 81.2 Å². The Morgan fingerprint density at radius 1 is 0.463 bits per heavy atom. The number of para-hydroxylation sites is 1. The molecular weight excluding hydrogens is 985 g/mol. The number of allylic oxidation sites excluding steroid dienone is 3. The summed E-state index contributed by atoms with van der Waals surface area (Å²) in [6, 6.07) is 35.0. The van der Waals surface area contributed by atoms with Crippen LogP contribution in [-0.4, -0.2) is 21.5 Å². The molecule has 2 aliphatic rings. The first kappa shape index (κ1) is 45.4. The largest absolute Gasteiger partial charge is 0.288 e. The van der Waals surface area contributed by atoms with E-state index in [1.807, 2.05) is 41.3 Å². The Morgan fingerprint density at radius 2 is 0.881 bits per heavy atom. The molecular formula is C54H35Cl7N4O2. The van der Waals surface area contributed by atoms with E-state index in [1.54, 1.807) is 72.8 Å². The quantitative estimate of drug-likeness (QED) is 0.117. The lowest BCUT2D eigenvalue weighted by Gasteiger charge is -2.32. The Kier molecular flexibility index (Phi) is 11.9. The number of halogens is 7. The molecule has 10 rings (SSSR count). The van der Waals surface area contributed by atoms with E-state index in [4.69, 9.17) is 91.2 Å². The number of hydrogen-bond acceptors (Lipinski definition) is 6. The standard InChI is InChI=1S/C54H35Cl7N4O2/c1-26(2)37-10-7-11-38(27(3)4)49(37)64-48(13-12-39-51(66)42-18-28-8-5-6-9-29(28)19-43(42)52(39)67)65(54-53(64)62-46-24-44(60)45(61)25-47(46)63-54)50-40(30-14-32(55)20-33(56)15-30)22-36(59)23-41(50)31-16-34(57)21-35(58)17-31/h5-27H,1-4H3/b48-13+. The molecule has 6 nitrogen and oxygen atoms in total. The molecule has 0 fully saturated rings. The number of aromatic nitrogens is 2. The second-order valence-electron chi connectivity index (χ2n) is 17.1. The fourth-order valence-corrected chi connectivity index (χ4v) is 10.6. The van der Waals surface area contributed by atoms with Crippen LogP contribution in [0.15, 0.2) is 139 Å². The molecule has 7 aromatic carbocycles. The number of anilines is 4. The van der Waals surface area contributed by atoms with Gasteiger partial charge < -0.3 is 0 Å². The molecule has 67 heavy (non-hydrogen) atoms. The number of carbonyl (C=O) groups excluding carboxylic acids is 2. The molecule has 1 aliphatic carbocycles. The molecule has 1 aromatic heterocycles. The normalized spacial score (nSPS) is 14.2. The molecule has 332 valence electrons. The van der Waals surface area contributed by atoms with E-state index in [2.05, 4.69) is 50.8 Å². The van der Waals surface area contributed by atoms with Crippen molar-refractivity contribution in [3.05, 3.63) is 196 Å². The zero-order valence-electron chi connectivity index (χ0n) is 36.0. The molecule has 0 bridgehead atoms. The first-order valence-corrected chi connectivity index (χ1v) is 23.9. The Labute approximate surface area is 421 Å². The number of hydrogen-bond donors (Lipinski definition) is 0. The van der Waals surface area contributed by atoms with Crippen LogP contribution < -0.4 is 9.80 Å². The SMILES string of the molecule is CC(C)c1cccc(C(C)C)c1N1/C(=C\C=C2C(=O)c3cc4ccccc4cc3C2=O)N(c2c(-c3cc(Cl)cc(Cl)c3)cc(Cl)cc2-c2cc(Cl)cc(Cl)c2)c2nc3cc(Cl)c(Cl)cc3nc21. The fraction of sp³-hybridized carbons (Fsp3) is 0.111. The van der Waals surface area contributed by atoms with Gasteiger partial charge in [-0.25, -0.2) is 9.97 Å². The summed E-state index contributed by atoms with van der Waals surface area (Å²) in [5, 5.41) is 4.24. The van der Waals surface area contributed by atoms with Crippen molar-refractivity contribution in [3.8, 4) is 22.3 Å². The van der Waals surface area contributed by atoms with Gasteiger partial charge in [0.15, 0.2) is 23.2 Å². The summed E-state index contributed by atoms with van der Waals surface area (Å²) in [6.07, 6.45) is 3.38. The van der Waals surface area contributed by atoms with Crippen molar-refractivity contribution < 1.29 is 9.59 Å². The molecule has 13 heteroatoms. The second kappa shape index (κ2) is 17.6. The predicted molar refractivity (Wildman–Crippen MR) is 280 cm³/mol. The van der Waals surface area contributed by atoms with E-state index in [9.17, 15) is 9.59 Å². The third-order valence-corrected chi connectivity index (χ3v) is 13.8. The maximum absolute atomic E-state index is 14.5. The van der Waals surface area contributed by atoms with E-state index in [0.29, 0.717) is 97.7 Å². The van der Waals surface area contributed by atoms with Gasteiger partial charge >= 0.3 is 0 Å².